The minimum absolute atomic E-state index is 0.226. The van der Waals surface area contributed by atoms with Crippen LogP contribution in [0, 0.1) is 0 Å². The van der Waals surface area contributed by atoms with Gasteiger partial charge in [0.2, 0.25) is 0 Å². The fourth-order valence-corrected chi connectivity index (χ4v) is 4.08. The SMILES string of the molecule is O=C(Nc1ccc(Cl)c(-c2nnc3n2CCCCC3)c1)c1ccc(Oc2cccnc2)cc1. The van der Waals surface area contributed by atoms with Crippen molar-refractivity contribution in [1.82, 2.24) is 19.7 Å². The predicted molar refractivity (Wildman–Crippen MR) is 127 cm³/mol. The molecule has 5 rings (SSSR count). The maximum absolute atomic E-state index is 12.8. The molecule has 0 fully saturated rings. The first-order chi connectivity index (χ1) is 16.2. The lowest BCUT2D eigenvalue weighted by atomic mass is 10.1. The molecule has 2 aromatic carbocycles. The Bertz CT molecular complexity index is 1270. The molecule has 0 unspecified atom stereocenters. The second-order valence-electron chi connectivity index (χ2n) is 7.87. The summed E-state index contributed by atoms with van der Waals surface area (Å²) in [5, 5.41) is 12.3. The van der Waals surface area contributed by atoms with Crippen LogP contribution < -0.4 is 10.1 Å². The summed E-state index contributed by atoms with van der Waals surface area (Å²) in [7, 11) is 0. The number of amides is 1. The minimum atomic E-state index is -0.226. The molecule has 8 heteroatoms. The Morgan fingerprint density at radius 1 is 1.00 bits per heavy atom. The van der Waals surface area contributed by atoms with E-state index in [1.54, 1.807) is 54.9 Å². The Morgan fingerprint density at radius 3 is 2.70 bits per heavy atom. The van der Waals surface area contributed by atoms with Crippen LogP contribution in [0.15, 0.2) is 67.0 Å². The lowest BCUT2D eigenvalue weighted by Gasteiger charge is -2.11. The standard InChI is InChI=1S/C25H22ClN5O2/c26-22-12-9-18(15-21(22)24-30-29-23-6-2-1-3-14-31(23)24)28-25(32)17-7-10-19(11-8-17)33-20-5-4-13-27-16-20/h4-5,7-13,15-16H,1-3,6,14H2,(H,28,32). The Kier molecular flexibility index (Phi) is 6.04. The number of anilines is 1. The van der Waals surface area contributed by atoms with E-state index in [4.69, 9.17) is 16.3 Å². The maximum Gasteiger partial charge on any atom is 0.255 e. The van der Waals surface area contributed by atoms with E-state index in [2.05, 4.69) is 25.1 Å². The molecule has 33 heavy (non-hydrogen) atoms. The molecular formula is C25H22ClN5O2. The Morgan fingerprint density at radius 2 is 1.88 bits per heavy atom. The highest BCUT2D eigenvalue weighted by atomic mass is 35.5. The van der Waals surface area contributed by atoms with Crippen LogP contribution in [0.1, 0.15) is 35.4 Å². The number of pyridine rings is 1. The van der Waals surface area contributed by atoms with Gasteiger partial charge in [0.25, 0.3) is 5.91 Å². The van der Waals surface area contributed by atoms with Crippen LogP contribution in [0.2, 0.25) is 5.02 Å². The zero-order chi connectivity index (χ0) is 22.6. The van der Waals surface area contributed by atoms with Crippen LogP contribution in [0.4, 0.5) is 5.69 Å². The van der Waals surface area contributed by atoms with Gasteiger partial charge >= 0.3 is 0 Å². The number of rotatable bonds is 5. The largest absolute Gasteiger partial charge is 0.456 e. The first-order valence-electron chi connectivity index (χ1n) is 10.9. The van der Waals surface area contributed by atoms with Crippen molar-refractivity contribution in [2.75, 3.05) is 5.32 Å². The number of aromatic nitrogens is 4. The van der Waals surface area contributed by atoms with Crippen LogP contribution in [0.5, 0.6) is 11.5 Å². The molecule has 0 saturated carbocycles. The van der Waals surface area contributed by atoms with Crippen LogP contribution in [0.25, 0.3) is 11.4 Å². The highest BCUT2D eigenvalue weighted by molar-refractivity contribution is 6.33. The summed E-state index contributed by atoms with van der Waals surface area (Å²) in [6.07, 6.45) is 7.62. The first-order valence-corrected chi connectivity index (χ1v) is 11.3. The molecule has 7 nitrogen and oxygen atoms in total. The number of carbonyl (C=O) groups excluding carboxylic acids is 1. The molecule has 4 aromatic rings. The molecule has 0 spiro atoms. The lowest BCUT2D eigenvalue weighted by Crippen LogP contribution is -2.12. The molecule has 3 heterocycles. The number of ether oxygens (including phenoxy) is 1. The minimum Gasteiger partial charge on any atom is -0.456 e. The topological polar surface area (TPSA) is 81.9 Å². The first kappa shape index (κ1) is 21.2. The van der Waals surface area contributed by atoms with Gasteiger partial charge in [0, 0.05) is 36.0 Å². The molecule has 2 aromatic heterocycles. The van der Waals surface area contributed by atoms with Gasteiger partial charge in [-0.15, -0.1) is 10.2 Å². The van der Waals surface area contributed by atoms with Crippen molar-refractivity contribution in [1.29, 1.82) is 0 Å². The van der Waals surface area contributed by atoms with Crippen LogP contribution in [-0.4, -0.2) is 25.7 Å². The van der Waals surface area contributed by atoms with Gasteiger partial charge in [0.05, 0.1) is 11.2 Å². The van der Waals surface area contributed by atoms with Crippen molar-refractivity contribution in [2.24, 2.45) is 0 Å². The van der Waals surface area contributed by atoms with Crippen molar-refractivity contribution < 1.29 is 9.53 Å². The van der Waals surface area contributed by atoms with Gasteiger partial charge < -0.3 is 14.6 Å². The van der Waals surface area contributed by atoms with Gasteiger partial charge in [-0.2, -0.15) is 0 Å². The normalized spacial score (nSPS) is 13.1. The molecule has 1 amide bonds. The fraction of sp³-hybridized carbons (Fsp3) is 0.200. The predicted octanol–water partition coefficient (Wildman–Crippen LogP) is 5.76. The highest BCUT2D eigenvalue weighted by Gasteiger charge is 2.19. The summed E-state index contributed by atoms with van der Waals surface area (Å²) in [5.74, 6) is 2.76. The van der Waals surface area contributed by atoms with Gasteiger partial charge in [-0.25, -0.2) is 0 Å². The van der Waals surface area contributed by atoms with Crippen molar-refractivity contribution in [2.45, 2.75) is 32.2 Å². The van der Waals surface area contributed by atoms with Crippen LogP contribution in [-0.2, 0) is 13.0 Å². The summed E-state index contributed by atoms with van der Waals surface area (Å²) < 4.78 is 7.87. The van der Waals surface area contributed by atoms with E-state index in [1.807, 2.05) is 12.1 Å². The van der Waals surface area contributed by atoms with Crippen LogP contribution in [0.3, 0.4) is 0 Å². The Labute approximate surface area is 196 Å². The summed E-state index contributed by atoms with van der Waals surface area (Å²) in [5.41, 5.74) is 1.91. The zero-order valence-corrected chi connectivity index (χ0v) is 18.6. The number of benzene rings is 2. The van der Waals surface area contributed by atoms with Crippen LogP contribution >= 0.6 is 11.6 Å². The number of hydrogen-bond acceptors (Lipinski definition) is 5. The van der Waals surface area contributed by atoms with E-state index in [9.17, 15) is 4.79 Å². The van der Waals surface area contributed by atoms with E-state index < -0.39 is 0 Å². The molecule has 1 N–H and O–H groups in total. The van der Waals surface area contributed by atoms with Gasteiger partial charge in [0.1, 0.15) is 17.3 Å². The molecule has 0 bridgehead atoms. The number of halogens is 1. The fourth-order valence-electron chi connectivity index (χ4n) is 3.88. The molecule has 0 atom stereocenters. The quantitative estimate of drug-likeness (QED) is 0.410. The second kappa shape index (κ2) is 9.42. The van der Waals surface area contributed by atoms with Crippen molar-refractivity contribution in [3.05, 3.63) is 83.4 Å². The number of nitrogens with zero attached hydrogens (tertiary/aromatic N) is 4. The van der Waals surface area contributed by atoms with E-state index in [1.165, 1.54) is 6.42 Å². The average molecular weight is 460 g/mol. The number of nitrogens with one attached hydrogen (secondary N) is 1. The molecule has 1 aliphatic heterocycles. The third-order valence-electron chi connectivity index (χ3n) is 5.56. The zero-order valence-electron chi connectivity index (χ0n) is 17.9. The average Bonchev–Trinajstić information content (AvgIpc) is 3.09. The molecular weight excluding hydrogens is 438 g/mol. The van der Waals surface area contributed by atoms with E-state index in [0.717, 1.165) is 43.0 Å². The number of carbonyl (C=O) groups is 1. The monoisotopic (exact) mass is 459 g/mol. The maximum atomic E-state index is 12.8. The molecule has 166 valence electrons. The van der Waals surface area contributed by atoms with E-state index in [0.29, 0.717) is 27.8 Å². The molecule has 0 saturated heterocycles. The van der Waals surface area contributed by atoms with Gasteiger partial charge in [-0.05, 0) is 67.4 Å². The van der Waals surface area contributed by atoms with Gasteiger partial charge in [-0.3, -0.25) is 9.78 Å². The highest BCUT2D eigenvalue weighted by Crippen LogP contribution is 2.31. The third-order valence-corrected chi connectivity index (χ3v) is 5.89. The van der Waals surface area contributed by atoms with Crippen molar-refractivity contribution in [3.63, 3.8) is 0 Å². The molecule has 1 aliphatic rings. The number of fused-ring (bicyclic) bond motifs is 1. The molecule has 0 radical (unpaired) electrons. The molecule has 0 aliphatic carbocycles. The number of hydrogen-bond donors (Lipinski definition) is 1. The summed E-state index contributed by atoms with van der Waals surface area (Å²) >= 11 is 6.50. The van der Waals surface area contributed by atoms with Gasteiger partial charge in [0.15, 0.2) is 5.82 Å². The Balaban J connectivity index is 1.33. The smallest absolute Gasteiger partial charge is 0.255 e. The van der Waals surface area contributed by atoms with Gasteiger partial charge in [-0.1, -0.05) is 18.0 Å². The van der Waals surface area contributed by atoms with E-state index in [-0.39, 0.29) is 5.91 Å². The van der Waals surface area contributed by atoms with Crippen molar-refractivity contribution >= 4 is 23.2 Å². The summed E-state index contributed by atoms with van der Waals surface area (Å²) in [6.45, 7) is 0.873. The van der Waals surface area contributed by atoms with E-state index >= 15 is 0 Å². The Hall–Kier alpha value is -3.71. The summed E-state index contributed by atoms with van der Waals surface area (Å²) in [6, 6.07) is 16.0. The third kappa shape index (κ3) is 4.73. The summed E-state index contributed by atoms with van der Waals surface area (Å²) in [4.78, 5) is 16.8. The number of aryl methyl sites for hydroxylation is 1. The second-order valence-corrected chi connectivity index (χ2v) is 8.27. The lowest BCUT2D eigenvalue weighted by molar-refractivity contribution is 0.102. The van der Waals surface area contributed by atoms with Crippen molar-refractivity contribution in [3.8, 4) is 22.9 Å².